The van der Waals surface area contributed by atoms with Gasteiger partial charge >= 0.3 is 0 Å². The van der Waals surface area contributed by atoms with Gasteiger partial charge in [0.2, 0.25) is 4.77 Å². The van der Waals surface area contributed by atoms with Crippen molar-refractivity contribution >= 4 is 29.5 Å². The van der Waals surface area contributed by atoms with Gasteiger partial charge in [0.25, 0.3) is 0 Å². The number of benzene rings is 1. The van der Waals surface area contributed by atoms with Crippen LogP contribution in [0.4, 0.5) is 0 Å². The largest absolute Gasteiger partial charge is 0.291 e. The molecule has 0 bridgehead atoms. The van der Waals surface area contributed by atoms with Gasteiger partial charge in [0.1, 0.15) is 0 Å². The van der Waals surface area contributed by atoms with E-state index in [1.54, 1.807) is 4.68 Å². The van der Waals surface area contributed by atoms with Crippen LogP contribution in [0.2, 0.25) is 5.02 Å². The molecule has 2 aromatic rings. The molecular formula is C14H17ClN4S. The number of nitrogens with zero attached hydrogens (tertiary/aromatic N) is 2. The normalized spacial score (nSPS) is 10.5. The number of hydrogen-bond donors (Lipinski definition) is 2. The van der Waals surface area contributed by atoms with Crippen molar-refractivity contribution < 1.29 is 0 Å². The van der Waals surface area contributed by atoms with Gasteiger partial charge in [-0.05, 0) is 36.3 Å². The molecular weight excluding hydrogens is 292 g/mol. The summed E-state index contributed by atoms with van der Waals surface area (Å²) >= 11 is 11.1. The van der Waals surface area contributed by atoms with Gasteiger partial charge in [-0.2, -0.15) is 5.10 Å². The van der Waals surface area contributed by atoms with Crippen molar-refractivity contribution in [3.63, 3.8) is 0 Å². The summed E-state index contributed by atoms with van der Waals surface area (Å²) in [7, 11) is 0. The predicted molar refractivity (Wildman–Crippen MR) is 85.9 cm³/mol. The van der Waals surface area contributed by atoms with E-state index in [1.807, 2.05) is 24.3 Å². The second-order valence-corrected chi connectivity index (χ2v) is 5.30. The molecule has 4 nitrogen and oxygen atoms in total. The zero-order valence-electron chi connectivity index (χ0n) is 11.3. The average Bonchev–Trinajstić information content (AvgIpc) is 2.78. The highest BCUT2D eigenvalue weighted by atomic mass is 35.5. The average molecular weight is 309 g/mol. The fraction of sp³-hybridized carbons (Fsp3) is 0.286. The fourth-order valence-corrected chi connectivity index (χ4v) is 2.12. The maximum absolute atomic E-state index is 5.88. The number of unbranched alkanes of at least 4 members (excludes halogenated alkanes) is 1. The maximum atomic E-state index is 5.88. The van der Waals surface area contributed by atoms with E-state index in [1.165, 1.54) is 0 Å². The Bertz CT molecular complexity index is 642. The molecule has 0 aliphatic carbocycles. The third-order valence-corrected chi connectivity index (χ3v) is 3.46. The van der Waals surface area contributed by atoms with Crippen LogP contribution in [0, 0.1) is 4.77 Å². The summed E-state index contributed by atoms with van der Waals surface area (Å²) < 4.78 is 2.30. The predicted octanol–water partition coefficient (Wildman–Crippen LogP) is 4.15. The first-order chi connectivity index (χ1) is 9.61. The molecule has 1 heterocycles. The van der Waals surface area contributed by atoms with E-state index in [2.05, 4.69) is 29.1 Å². The molecule has 2 rings (SSSR count). The number of halogens is 1. The lowest BCUT2D eigenvalue weighted by atomic mass is 10.2. The van der Waals surface area contributed by atoms with Crippen molar-refractivity contribution in [3.8, 4) is 0 Å². The number of aryl methyl sites for hydroxylation is 1. The molecule has 1 aromatic heterocycles. The van der Waals surface area contributed by atoms with E-state index in [-0.39, 0.29) is 0 Å². The van der Waals surface area contributed by atoms with Gasteiger partial charge in [-0.25, -0.2) is 4.68 Å². The highest BCUT2D eigenvalue weighted by molar-refractivity contribution is 7.71. The van der Waals surface area contributed by atoms with Crippen LogP contribution in [0.1, 0.15) is 31.2 Å². The van der Waals surface area contributed by atoms with Crippen molar-refractivity contribution in [2.75, 3.05) is 5.43 Å². The van der Waals surface area contributed by atoms with E-state index in [4.69, 9.17) is 23.8 Å². The lowest BCUT2D eigenvalue weighted by Crippen LogP contribution is -2.16. The minimum Gasteiger partial charge on any atom is -0.291 e. The lowest BCUT2D eigenvalue weighted by Gasteiger charge is -2.12. The Labute approximate surface area is 128 Å². The smallest absolute Gasteiger partial charge is 0.214 e. The highest BCUT2D eigenvalue weighted by Crippen LogP contribution is 2.15. The molecule has 0 fully saturated rings. The van der Waals surface area contributed by atoms with Crippen molar-refractivity contribution in [1.29, 1.82) is 0 Å². The van der Waals surface area contributed by atoms with Crippen molar-refractivity contribution in [1.82, 2.24) is 14.9 Å². The third kappa shape index (κ3) is 3.49. The van der Waals surface area contributed by atoms with Crippen LogP contribution in [-0.2, 0) is 6.42 Å². The SMILES string of the molecule is C=C(Nn1c(CCCC)n[nH]c1=S)c1ccc(Cl)cc1. The zero-order chi connectivity index (χ0) is 14.5. The van der Waals surface area contributed by atoms with Crippen molar-refractivity contribution in [3.05, 3.63) is 52.0 Å². The summed E-state index contributed by atoms with van der Waals surface area (Å²) in [6.07, 6.45) is 3.04. The Hall–Kier alpha value is -1.59. The highest BCUT2D eigenvalue weighted by Gasteiger charge is 2.07. The molecule has 106 valence electrons. The molecule has 0 unspecified atom stereocenters. The van der Waals surface area contributed by atoms with Gasteiger partial charge in [0, 0.05) is 11.4 Å². The second kappa shape index (κ2) is 6.72. The summed E-state index contributed by atoms with van der Waals surface area (Å²) in [6, 6.07) is 7.48. The molecule has 20 heavy (non-hydrogen) atoms. The van der Waals surface area contributed by atoms with Gasteiger partial charge in [0.15, 0.2) is 5.82 Å². The molecule has 0 spiro atoms. The third-order valence-electron chi connectivity index (χ3n) is 2.94. The lowest BCUT2D eigenvalue weighted by molar-refractivity contribution is 0.719. The quantitative estimate of drug-likeness (QED) is 0.788. The van der Waals surface area contributed by atoms with E-state index >= 15 is 0 Å². The number of hydrogen-bond acceptors (Lipinski definition) is 3. The summed E-state index contributed by atoms with van der Waals surface area (Å²) in [4.78, 5) is 0. The molecule has 0 atom stereocenters. The minimum absolute atomic E-state index is 0.534. The number of aromatic amines is 1. The topological polar surface area (TPSA) is 45.6 Å². The van der Waals surface area contributed by atoms with Crippen LogP contribution >= 0.6 is 23.8 Å². The van der Waals surface area contributed by atoms with Crippen molar-refractivity contribution in [2.45, 2.75) is 26.2 Å². The number of aromatic nitrogens is 3. The van der Waals surface area contributed by atoms with Crippen LogP contribution in [0.15, 0.2) is 30.8 Å². The Morgan fingerprint density at radius 2 is 2.15 bits per heavy atom. The number of rotatable bonds is 6. The van der Waals surface area contributed by atoms with Crippen LogP contribution in [0.25, 0.3) is 5.70 Å². The monoisotopic (exact) mass is 308 g/mol. The maximum Gasteiger partial charge on any atom is 0.214 e. The molecule has 0 amide bonds. The summed E-state index contributed by atoms with van der Waals surface area (Å²) in [6.45, 7) is 6.17. The molecule has 0 radical (unpaired) electrons. The molecule has 0 saturated carbocycles. The molecule has 0 aliphatic heterocycles. The zero-order valence-corrected chi connectivity index (χ0v) is 12.9. The fourth-order valence-electron chi connectivity index (χ4n) is 1.80. The molecule has 6 heteroatoms. The first kappa shape index (κ1) is 14.8. The standard InChI is InChI=1S/C14H17ClN4S/c1-3-4-5-13-16-17-14(20)19(13)18-10(2)11-6-8-12(15)9-7-11/h6-9,18H,2-5H2,1H3,(H,17,20). The van der Waals surface area contributed by atoms with Gasteiger partial charge < -0.3 is 0 Å². The summed E-state index contributed by atoms with van der Waals surface area (Å²) in [5.41, 5.74) is 4.89. The minimum atomic E-state index is 0.534. The molecule has 1 aromatic carbocycles. The van der Waals surface area contributed by atoms with Crippen LogP contribution in [0.5, 0.6) is 0 Å². The van der Waals surface area contributed by atoms with E-state index in [0.717, 1.165) is 36.3 Å². The van der Waals surface area contributed by atoms with Crippen LogP contribution in [0.3, 0.4) is 0 Å². The van der Waals surface area contributed by atoms with Gasteiger partial charge in [0.05, 0.1) is 5.70 Å². The number of H-pyrrole nitrogens is 1. The molecule has 2 N–H and O–H groups in total. The first-order valence-electron chi connectivity index (χ1n) is 6.50. The van der Waals surface area contributed by atoms with Gasteiger partial charge in [-0.1, -0.05) is 43.7 Å². The molecule has 0 aliphatic rings. The Balaban J connectivity index is 2.17. The van der Waals surface area contributed by atoms with E-state index < -0.39 is 0 Å². The van der Waals surface area contributed by atoms with E-state index in [9.17, 15) is 0 Å². The van der Waals surface area contributed by atoms with Crippen LogP contribution in [-0.4, -0.2) is 14.9 Å². The number of nitrogens with one attached hydrogen (secondary N) is 2. The Morgan fingerprint density at radius 1 is 1.45 bits per heavy atom. The Morgan fingerprint density at radius 3 is 2.80 bits per heavy atom. The van der Waals surface area contributed by atoms with Gasteiger partial charge in [-0.3, -0.25) is 10.5 Å². The first-order valence-corrected chi connectivity index (χ1v) is 7.28. The summed E-state index contributed by atoms with van der Waals surface area (Å²) in [5, 5.41) is 7.74. The van der Waals surface area contributed by atoms with Crippen molar-refractivity contribution in [2.24, 2.45) is 0 Å². The molecule has 0 saturated heterocycles. The van der Waals surface area contributed by atoms with E-state index in [0.29, 0.717) is 9.79 Å². The summed E-state index contributed by atoms with van der Waals surface area (Å²) in [5.74, 6) is 0.881. The Kier molecular flexibility index (Phi) is 4.98. The van der Waals surface area contributed by atoms with Gasteiger partial charge in [-0.15, -0.1) is 0 Å². The second-order valence-electron chi connectivity index (χ2n) is 4.48. The van der Waals surface area contributed by atoms with Crippen LogP contribution < -0.4 is 5.43 Å².